The summed E-state index contributed by atoms with van der Waals surface area (Å²) in [7, 11) is 0. The average Bonchev–Trinajstić information content (AvgIpc) is 2.39. The molecule has 1 heterocycles. The zero-order valence-electron chi connectivity index (χ0n) is 11.2. The van der Waals surface area contributed by atoms with Crippen LogP contribution in [0.1, 0.15) is 44.7 Å². The minimum atomic E-state index is 0.0656. The number of hydrogen-bond acceptors (Lipinski definition) is 2. The van der Waals surface area contributed by atoms with Crippen LogP contribution in [0.15, 0.2) is 30.3 Å². The maximum atomic E-state index is 8.10. The molecule has 1 unspecified atom stereocenters. The van der Waals surface area contributed by atoms with Crippen molar-refractivity contribution < 1.29 is 4.74 Å². The zero-order chi connectivity index (χ0) is 13.0. The first-order valence-electron chi connectivity index (χ1n) is 6.75. The van der Waals surface area contributed by atoms with E-state index in [2.05, 4.69) is 29.2 Å². The molecule has 1 N–H and O–H groups in total. The molecule has 98 valence electrons. The van der Waals surface area contributed by atoms with Crippen molar-refractivity contribution in [3.63, 3.8) is 0 Å². The largest absolute Gasteiger partial charge is 0.463 e. The maximum absolute atomic E-state index is 8.10. The van der Waals surface area contributed by atoms with E-state index < -0.39 is 0 Å². The molecule has 1 aromatic rings. The van der Waals surface area contributed by atoms with E-state index in [-0.39, 0.29) is 6.10 Å². The van der Waals surface area contributed by atoms with Gasteiger partial charge in [0.2, 0.25) is 0 Å². The van der Waals surface area contributed by atoms with Gasteiger partial charge in [0.25, 0.3) is 6.02 Å². The number of rotatable bonds is 2. The van der Waals surface area contributed by atoms with Crippen molar-refractivity contribution in [1.29, 1.82) is 5.41 Å². The lowest BCUT2D eigenvalue weighted by Crippen LogP contribution is -2.40. The molecule has 18 heavy (non-hydrogen) atoms. The van der Waals surface area contributed by atoms with Gasteiger partial charge in [-0.3, -0.25) is 5.41 Å². The van der Waals surface area contributed by atoms with Crippen LogP contribution in [0.3, 0.4) is 0 Å². The van der Waals surface area contributed by atoms with Crippen molar-refractivity contribution in [2.24, 2.45) is 0 Å². The Bertz CT molecular complexity index is 389. The van der Waals surface area contributed by atoms with Crippen LogP contribution in [0, 0.1) is 5.41 Å². The molecule has 1 aliphatic rings. The minimum Gasteiger partial charge on any atom is -0.463 e. The molecule has 1 aliphatic heterocycles. The van der Waals surface area contributed by atoms with Gasteiger partial charge in [-0.2, -0.15) is 0 Å². The Morgan fingerprint density at radius 3 is 2.67 bits per heavy atom. The molecule has 0 aromatic heterocycles. The van der Waals surface area contributed by atoms with Gasteiger partial charge < -0.3 is 9.64 Å². The molecule has 0 amide bonds. The fourth-order valence-corrected chi connectivity index (χ4v) is 2.49. The number of likely N-dealkylation sites (tertiary alicyclic amines) is 1. The molecule has 1 fully saturated rings. The molecule has 2 rings (SSSR count). The lowest BCUT2D eigenvalue weighted by atomic mass is 9.96. The van der Waals surface area contributed by atoms with Crippen molar-refractivity contribution in [2.75, 3.05) is 6.54 Å². The summed E-state index contributed by atoms with van der Waals surface area (Å²) in [5.74, 6) is 0. The number of amidine groups is 1. The van der Waals surface area contributed by atoms with Crippen LogP contribution in [0.4, 0.5) is 0 Å². The molecule has 0 saturated carbocycles. The average molecular weight is 246 g/mol. The van der Waals surface area contributed by atoms with E-state index in [1.807, 2.05) is 19.9 Å². The third kappa shape index (κ3) is 3.03. The van der Waals surface area contributed by atoms with Gasteiger partial charge in [0.15, 0.2) is 0 Å². The first-order valence-corrected chi connectivity index (χ1v) is 6.75. The highest BCUT2D eigenvalue weighted by atomic mass is 16.5. The summed E-state index contributed by atoms with van der Waals surface area (Å²) < 4.78 is 5.55. The van der Waals surface area contributed by atoms with E-state index >= 15 is 0 Å². The predicted octanol–water partition coefficient (Wildman–Crippen LogP) is 3.57. The van der Waals surface area contributed by atoms with E-state index in [1.54, 1.807) is 0 Å². The number of hydrogen-bond donors (Lipinski definition) is 1. The quantitative estimate of drug-likeness (QED) is 0.639. The number of piperidine rings is 1. The monoisotopic (exact) mass is 246 g/mol. The molecule has 3 nitrogen and oxygen atoms in total. The molecule has 1 saturated heterocycles. The highest BCUT2D eigenvalue weighted by Crippen LogP contribution is 2.31. The van der Waals surface area contributed by atoms with Gasteiger partial charge in [-0.1, -0.05) is 30.3 Å². The topological polar surface area (TPSA) is 36.3 Å². The number of ether oxygens (including phenoxy) is 1. The second-order valence-electron chi connectivity index (χ2n) is 5.09. The number of benzene rings is 1. The normalized spacial score (nSPS) is 19.9. The highest BCUT2D eigenvalue weighted by molar-refractivity contribution is 5.71. The van der Waals surface area contributed by atoms with Gasteiger partial charge in [0, 0.05) is 6.54 Å². The fourth-order valence-electron chi connectivity index (χ4n) is 2.49. The summed E-state index contributed by atoms with van der Waals surface area (Å²) in [6.45, 7) is 4.86. The molecule has 0 spiro atoms. The second kappa shape index (κ2) is 5.89. The molecule has 3 heteroatoms. The summed E-state index contributed by atoms with van der Waals surface area (Å²) in [5.41, 5.74) is 1.29. The summed E-state index contributed by atoms with van der Waals surface area (Å²) >= 11 is 0. The first kappa shape index (κ1) is 12.9. The number of nitrogens with one attached hydrogen (secondary N) is 1. The minimum absolute atomic E-state index is 0.0656. The number of nitrogens with zero attached hydrogens (tertiary/aromatic N) is 1. The summed E-state index contributed by atoms with van der Waals surface area (Å²) in [6, 6.07) is 11.1. The van der Waals surface area contributed by atoms with Gasteiger partial charge in [-0.05, 0) is 38.7 Å². The maximum Gasteiger partial charge on any atom is 0.285 e. The van der Waals surface area contributed by atoms with Crippen LogP contribution in [-0.4, -0.2) is 23.6 Å². The van der Waals surface area contributed by atoms with Crippen LogP contribution in [0.2, 0.25) is 0 Å². The molecule has 0 radical (unpaired) electrons. The van der Waals surface area contributed by atoms with Crippen molar-refractivity contribution in [1.82, 2.24) is 4.90 Å². The SMILES string of the molecule is CC(C)OC(=N)N1CCCCC1c1ccccc1. The van der Waals surface area contributed by atoms with Crippen LogP contribution >= 0.6 is 0 Å². The lowest BCUT2D eigenvalue weighted by Gasteiger charge is -2.37. The van der Waals surface area contributed by atoms with Crippen molar-refractivity contribution in [2.45, 2.75) is 45.3 Å². The molecule has 1 atom stereocenters. The van der Waals surface area contributed by atoms with Gasteiger partial charge in [0.05, 0.1) is 12.1 Å². The highest BCUT2D eigenvalue weighted by Gasteiger charge is 2.27. The Hall–Kier alpha value is -1.51. The van der Waals surface area contributed by atoms with E-state index in [0.29, 0.717) is 12.1 Å². The van der Waals surface area contributed by atoms with Crippen molar-refractivity contribution in [3.8, 4) is 0 Å². The Morgan fingerprint density at radius 2 is 2.00 bits per heavy atom. The van der Waals surface area contributed by atoms with Crippen LogP contribution in [0.5, 0.6) is 0 Å². The molecular weight excluding hydrogens is 224 g/mol. The standard InChI is InChI=1S/C15H22N2O/c1-12(2)18-15(16)17-11-7-6-10-14(17)13-8-4-3-5-9-13/h3-5,8-9,12,14,16H,6-7,10-11H2,1-2H3. The molecular formula is C15H22N2O. The second-order valence-corrected chi connectivity index (χ2v) is 5.09. The summed E-state index contributed by atoms with van der Waals surface area (Å²) in [5, 5.41) is 8.10. The van der Waals surface area contributed by atoms with Gasteiger partial charge in [0.1, 0.15) is 0 Å². The smallest absolute Gasteiger partial charge is 0.285 e. The Morgan fingerprint density at radius 1 is 1.28 bits per heavy atom. The summed E-state index contributed by atoms with van der Waals surface area (Å²) in [4.78, 5) is 2.10. The molecule has 1 aromatic carbocycles. The third-order valence-electron chi connectivity index (χ3n) is 3.30. The van der Waals surface area contributed by atoms with Crippen LogP contribution in [-0.2, 0) is 4.74 Å². The van der Waals surface area contributed by atoms with E-state index in [0.717, 1.165) is 19.4 Å². The lowest BCUT2D eigenvalue weighted by molar-refractivity contribution is 0.134. The Balaban J connectivity index is 2.13. The Kier molecular flexibility index (Phi) is 4.24. The summed E-state index contributed by atoms with van der Waals surface area (Å²) in [6.07, 6.45) is 3.54. The third-order valence-corrected chi connectivity index (χ3v) is 3.30. The molecule has 0 aliphatic carbocycles. The fraction of sp³-hybridized carbons (Fsp3) is 0.533. The van der Waals surface area contributed by atoms with Crippen molar-refractivity contribution >= 4 is 6.02 Å². The Labute approximate surface area is 109 Å². The zero-order valence-corrected chi connectivity index (χ0v) is 11.2. The van der Waals surface area contributed by atoms with Gasteiger partial charge >= 0.3 is 0 Å². The van der Waals surface area contributed by atoms with Crippen LogP contribution in [0.25, 0.3) is 0 Å². The van der Waals surface area contributed by atoms with Gasteiger partial charge in [-0.25, -0.2) is 0 Å². The molecule has 0 bridgehead atoms. The van der Waals surface area contributed by atoms with Gasteiger partial charge in [-0.15, -0.1) is 0 Å². The van der Waals surface area contributed by atoms with Crippen LogP contribution < -0.4 is 0 Å². The van der Waals surface area contributed by atoms with Crippen molar-refractivity contribution in [3.05, 3.63) is 35.9 Å². The van der Waals surface area contributed by atoms with E-state index in [4.69, 9.17) is 10.1 Å². The first-order chi connectivity index (χ1) is 8.68. The van der Waals surface area contributed by atoms with E-state index in [1.165, 1.54) is 12.0 Å². The predicted molar refractivity (Wildman–Crippen MR) is 73.7 cm³/mol. The van der Waals surface area contributed by atoms with E-state index in [9.17, 15) is 0 Å².